The predicted molar refractivity (Wildman–Crippen MR) is 101 cm³/mol. The SMILES string of the molecule is CCOC(=O)CCCCC(=O)Nc1ccn(C2OC(C)CC2O)c(=O)n1.CO. The molecular formula is C18H29N3O7. The van der Waals surface area contributed by atoms with Crippen molar-refractivity contribution in [2.24, 2.45) is 0 Å². The molecule has 3 unspecified atom stereocenters. The number of esters is 1. The third-order valence-electron chi connectivity index (χ3n) is 3.99. The molecule has 158 valence electrons. The molecule has 1 fully saturated rings. The third kappa shape index (κ3) is 7.37. The van der Waals surface area contributed by atoms with E-state index in [9.17, 15) is 19.5 Å². The highest BCUT2D eigenvalue weighted by molar-refractivity contribution is 5.89. The van der Waals surface area contributed by atoms with E-state index in [1.54, 1.807) is 6.92 Å². The minimum absolute atomic E-state index is 0.141. The zero-order valence-corrected chi connectivity index (χ0v) is 16.5. The van der Waals surface area contributed by atoms with Crippen LogP contribution in [0.5, 0.6) is 0 Å². The second kappa shape index (κ2) is 12.2. The van der Waals surface area contributed by atoms with Crippen molar-refractivity contribution in [1.82, 2.24) is 9.55 Å². The zero-order valence-electron chi connectivity index (χ0n) is 16.5. The van der Waals surface area contributed by atoms with Crippen LogP contribution in [0.2, 0.25) is 0 Å². The highest BCUT2D eigenvalue weighted by Gasteiger charge is 2.33. The quantitative estimate of drug-likeness (QED) is 0.426. The van der Waals surface area contributed by atoms with Gasteiger partial charge in [-0.25, -0.2) is 4.79 Å². The number of aliphatic hydroxyl groups excluding tert-OH is 2. The van der Waals surface area contributed by atoms with Crippen LogP contribution >= 0.6 is 0 Å². The Kier molecular flexibility index (Phi) is 10.4. The van der Waals surface area contributed by atoms with Crippen molar-refractivity contribution < 1.29 is 29.3 Å². The van der Waals surface area contributed by atoms with Crippen molar-refractivity contribution in [2.75, 3.05) is 19.0 Å². The van der Waals surface area contributed by atoms with Crippen LogP contribution < -0.4 is 11.0 Å². The number of aliphatic hydroxyl groups is 2. The molecule has 0 radical (unpaired) electrons. The molecule has 0 aliphatic carbocycles. The fourth-order valence-corrected chi connectivity index (χ4v) is 2.76. The molecule has 0 spiro atoms. The molecule has 0 aromatic carbocycles. The number of carbonyl (C=O) groups is 2. The minimum atomic E-state index is -0.774. The molecule has 28 heavy (non-hydrogen) atoms. The summed E-state index contributed by atoms with van der Waals surface area (Å²) in [6, 6.07) is 1.48. The summed E-state index contributed by atoms with van der Waals surface area (Å²) in [5.41, 5.74) is -0.608. The highest BCUT2D eigenvalue weighted by Crippen LogP contribution is 2.27. The van der Waals surface area contributed by atoms with Crippen LogP contribution in [0.4, 0.5) is 5.82 Å². The van der Waals surface area contributed by atoms with Gasteiger partial charge >= 0.3 is 11.7 Å². The number of hydrogen-bond donors (Lipinski definition) is 3. The van der Waals surface area contributed by atoms with E-state index in [1.807, 2.05) is 6.92 Å². The van der Waals surface area contributed by atoms with E-state index < -0.39 is 18.0 Å². The average molecular weight is 399 g/mol. The summed E-state index contributed by atoms with van der Waals surface area (Å²) in [5.74, 6) is -0.421. The molecule has 0 bridgehead atoms. The molecule has 3 N–H and O–H groups in total. The standard InChI is InChI=1S/C17H25N3O6.CH4O/c1-3-25-15(23)7-5-4-6-14(22)18-13-8-9-20(17(24)19-13)16-12(21)10-11(2)26-16;1-2/h8-9,11-12,16,21H,3-7,10H2,1-2H3,(H,18,19,22,24);2H,1H3. The normalized spacial score (nSPS) is 20.8. The Hall–Kier alpha value is -2.30. The lowest BCUT2D eigenvalue weighted by Gasteiger charge is -2.17. The Labute approximate surface area is 163 Å². The van der Waals surface area contributed by atoms with Crippen LogP contribution in [-0.4, -0.2) is 57.6 Å². The molecule has 1 aliphatic heterocycles. The van der Waals surface area contributed by atoms with E-state index in [0.717, 1.165) is 7.11 Å². The first-order valence-corrected chi connectivity index (χ1v) is 9.23. The molecule has 1 aromatic rings. The summed E-state index contributed by atoms with van der Waals surface area (Å²) in [5, 5.41) is 19.5. The average Bonchev–Trinajstić information content (AvgIpc) is 2.99. The summed E-state index contributed by atoms with van der Waals surface area (Å²) in [7, 11) is 1.00. The lowest BCUT2D eigenvalue weighted by Crippen LogP contribution is -2.32. The van der Waals surface area contributed by atoms with E-state index in [0.29, 0.717) is 25.9 Å². The van der Waals surface area contributed by atoms with Crippen molar-refractivity contribution in [2.45, 2.75) is 64.4 Å². The van der Waals surface area contributed by atoms with Crippen LogP contribution in [0.25, 0.3) is 0 Å². The maximum absolute atomic E-state index is 12.1. The fraction of sp³-hybridized carbons (Fsp3) is 0.667. The maximum Gasteiger partial charge on any atom is 0.351 e. The van der Waals surface area contributed by atoms with E-state index in [2.05, 4.69) is 10.3 Å². The monoisotopic (exact) mass is 399 g/mol. The summed E-state index contributed by atoms with van der Waals surface area (Å²) >= 11 is 0. The van der Waals surface area contributed by atoms with Gasteiger partial charge in [0.25, 0.3) is 0 Å². The lowest BCUT2D eigenvalue weighted by atomic mass is 10.2. The number of amides is 1. The molecular weight excluding hydrogens is 370 g/mol. The van der Waals surface area contributed by atoms with Gasteiger partial charge in [0.2, 0.25) is 5.91 Å². The lowest BCUT2D eigenvalue weighted by molar-refractivity contribution is -0.143. The smallest absolute Gasteiger partial charge is 0.351 e. The van der Waals surface area contributed by atoms with Crippen LogP contribution in [0, 0.1) is 0 Å². The van der Waals surface area contributed by atoms with Gasteiger partial charge in [-0.1, -0.05) is 0 Å². The topological polar surface area (TPSA) is 140 Å². The molecule has 1 aliphatic rings. The van der Waals surface area contributed by atoms with Crippen molar-refractivity contribution in [3.63, 3.8) is 0 Å². The number of ether oxygens (including phenoxy) is 2. The molecule has 10 heteroatoms. The number of hydrogen-bond acceptors (Lipinski definition) is 8. The summed E-state index contributed by atoms with van der Waals surface area (Å²) in [4.78, 5) is 39.0. The number of anilines is 1. The number of nitrogens with one attached hydrogen (secondary N) is 1. The Morgan fingerprint density at radius 2 is 2.04 bits per heavy atom. The van der Waals surface area contributed by atoms with Gasteiger partial charge < -0.3 is 25.0 Å². The molecule has 10 nitrogen and oxygen atoms in total. The minimum Gasteiger partial charge on any atom is -0.466 e. The number of nitrogens with zero attached hydrogens (tertiary/aromatic N) is 2. The summed E-state index contributed by atoms with van der Waals surface area (Å²) < 4.78 is 11.5. The Bertz CT molecular complexity index is 692. The number of carbonyl (C=O) groups excluding carboxylic acids is 2. The number of aromatic nitrogens is 2. The van der Waals surface area contributed by atoms with Gasteiger partial charge in [0, 0.05) is 32.6 Å². The largest absolute Gasteiger partial charge is 0.466 e. The van der Waals surface area contributed by atoms with Crippen molar-refractivity contribution >= 4 is 17.7 Å². The van der Waals surface area contributed by atoms with Crippen molar-refractivity contribution in [3.8, 4) is 0 Å². The van der Waals surface area contributed by atoms with Gasteiger partial charge in [-0.3, -0.25) is 14.2 Å². The Balaban J connectivity index is 0.00000190. The van der Waals surface area contributed by atoms with Crippen LogP contribution in [-0.2, 0) is 19.1 Å². The van der Waals surface area contributed by atoms with E-state index in [-0.39, 0.29) is 36.6 Å². The maximum atomic E-state index is 12.1. The van der Waals surface area contributed by atoms with E-state index >= 15 is 0 Å². The predicted octanol–water partition coefficient (Wildman–Crippen LogP) is 0.582. The second-order valence-electron chi connectivity index (χ2n) is 6.20. The zero-order chi connectivity index (χ0) is 21.1. The molecule has 1 aromatic heterocycles. The molecule has 1 saturated heterocycles. The van der Waals surface area contributed by atoms with Gasteiger partial charge in [-0.2, -0.15) is 4.98 Å². The van der Waals surface area contributed by atoms with Gasteiger partial charge in [0.15, 0.2) is 6.23 Å². The first-order chi connectivity index (χ1) is 13.4. The first kappa shape index (κ1) is 23.7. The van der Waals surface area contributed by atoms with E-state index in [1.165, 1.54) is 16.8 Å². The Morgan fingerprint density at radius 1 is 1.36 bits per heavy atom. The van der Waals surface area contributed by atoms with Crippen LogP contribution in [0.1, 0.15) is 52.2 Å². The van der Waals surface area contributed by atoms with Gasteiger partial charge in [0.1, 0.15) is 11.9 Å². The second-order valence-corrected chi connectivity index (χ2v) is 6.20. The summed E-state index contributed by atoms with van der Waals surface area (Å²) in [6.07, 6.45) is 1.78. The fourth-order valence-electron chi connectivity index (χ4n) is 2.76. The van der Waals surface area contributed by atoms with Gasteiger partial charge in [-0.15, -0.1) is 0 Å². The third-order valence-corrected chi connectivity index (χ3v) is 3.99. The summed E-state index contributed by atoms with van der Waals surface area (Å²) in [6.45, 7) is 3.91. The number of unbranched alkanes of at least 4 members (excludes halogenated alkanes) is 1. The highest BCUT2D eigenvalue weighted by atomic mass is 16.5. The first-order valence-electron chi connectivity index (χ1n) is 9.23. The van der Waals surface area contributed by atoms with Crippen molar-refractivity contribution in [3.05, 3.63) is 22.7 Å². The molecule has 0 saturated carbocycles. The Morgan fingerprint density at radius 3 is 2.61 bits per heavy atom. The molecule has 3 atom stereocenters. The molecule has 2 heterocycles. The van der Waals surface area contributed by atoms with Gasteiger partial charge in [0.05, 0.1) is 12.7 Å². The molecule has 2 rings (SSSR count). The van der Waals surface area contributed by atoms with Crippen LogP contribution in [0.15, 0.2) is 17.1 Å². The number of rotatable bonds is 8. The van der Waals surface area contributed by atoms with Crippen molar-refractivity contribution in [1.29, 1.82) is 0 Å². The van der Waals surface area contributed by atoms with E-state index in [4.69, 9.17) is 14.6 Å². The van der Waals surface area contributed by atoms with Crippen LogP contribution in [0.3, 0.4) is 0 Å². The molecule has 1 amide bonds. The van der Waals surface area contributed by atoms with Gasteiger partial charge in [-0.05, 0) is 32.8 Å².